The summed E-state index contributed by atoms with van der Waals surface area (Å²) in [6, 6.07) is 0. The number of amides is 1. The molecular formula is C9H16N4O. The molecule has 0 fully saturated rings. The van der Waals surface area contributed by atoms with Crippen LogP contribution in [0.2, 0.25) is 0 Å². The molecule has 0 aliphatic heterocycles. The van der Waals surface area contributed by atoms with Crippen molar-refractivity contribution in [2.24, 2.45) is 5.92 Å². The summed E-state index contributed by atoms with van der Waals surface area (Å²) in [6.07, 6.45) is 2.46. The Balaban J connectivity index is 2.41. The van der Waals surface area contributed by atoms with Crippen LogP contribution in [0.3, 0.4) is 0 Å². The first-order valence-corrected chi connectivity index (χ1v) is 4.70. The quantitative estimate of drug-likeness (QED) is 0.661. The highest BCUT2D eigenvalue weighted by atomic mass is 16.1. The van der Waals surface area contributed by atoms with Crippen LogP contribution >= 0.6 is 0 Å². The number of nitrogen functional groups attached to an aromatic ring is 1. The van der Waals surface area contributed by atoms with E-state index in [0.717, 1.165) is 12.0 Å². The van der Waals surface area contributed by atoms with Gasteiger partial charge in [0.05, 0.1) is 6.20 Å². The molecule has 5 nitrogen and oxygen atoms in total. The van der Waals surface area contributed by atoms with Crippen LogP contribution in [0.4, 0.5) is 5.82 Å². The Morgan fingerprint density at radius 2 is 2.50 bits per heavy atom. The van der Waals surface area contributed by atoms with Crippen LogP contribution in [0.15, 0.2) is 6.20 Å². The molecule has 0 saturated heterocycles. The lowest BCUT2D eigenvalue weighted by molar-refractivity contribution is -0.124. The minimum atomic E-state index is 0.0446. The first-order chi connectivity index (χ1) is 6.65. The highest BCUT2D eigenvalue weighted by Crippen LogP contribution is 2.06. The highest BCUT2D eigenvalue weighted by molar-refractivity contribution is 5.78. The maximum atomic E-state index is 11.4. The molecule has 0 saturated carbocycles. The van der Waals surface area contributed by atoms with Gasteiger partial charge in [0.15, 0.2) is 0 Å². The van der Waals surface area contributed by atoms with Crippen molar-refractivity contribution >= 4 is 11.7 Å². The normalized spacial score (nSPS) is 12.4. The maximum absolute atomic E-state index is 11.4. The number of H-pyrrole nitrogens is 1. The summed E-state index contributed by atoms with van der Waals surface area (Å²) in [5.74, 6) is 0.602. The topological polar surface area (TPSA) is 83.8 Å². The Labute approximate surface area is 83.1 Å². The number of aromatic amines is 1. The fourth-order valence-electron chi connectivity index (χ4n) is 1.00. The number of anilines is 1. The zero-order chi connectivity index (χ0) is 10.6. The molecule has 0 bridgehead atoms. The zero-order valence-electron chi connectivity index (χ0n) is 8.50. The van der Waals surface area contributed by atoms with E-state index in [9.17, 15) is 4.79 Å². The Hall–Kier alpha value is -1.52. The highest BCUT2D eigenvalue weighted by Gasteiger charge is 2.10. The molecule has 1 aromatic rings. The largest absolute Gasteiger partial charge is 0.384 e. The van der Waals surface area contributed by atoms with Gasteiger partial charge in [-0.3, -0.25) is 9.89 Å². The van der Waals surface area contributed by atoms with Gasteiger partial charge in [-0.2, -0.15) is 5.10 Å². The summed E-state index contributed by atoms with van der Waals surface area (Å²) in [4.78, 5) is 11.4. The van der Waals surface area contributed by atoms with E-state index in [4.69, 9.17) is 5.73 Å². The number of carbonyl (C=O) groups is 1. The Bertz CT molecular complexity index is 308. The fraction of sp³-hybridized carbons (Fsp3) is 0.556. The molecule has 78 valence electrons. The molecule has 1 heterocycles. The van der Waals surface area contributed by atoms with Crippen molar-refractivity contribution in [1.29, 1.82) is 0 Å². The number of nitrogens with zero attached hydrogens (tertiary/aromatic N) is 1. The molecule has 14 heavy (non-hydrogen) atoms. The molecule has 1 amide bonds. The molecule has 0 aromatic carbocycles. The first kappa shape index (κ1) is 10.6. The van der Waals surface area contributed by atoms with Gasteiger partial charge in [-0.1, -0.05) is 13.8 Å². The van der Waals surface area contributed by atoms with Crippen LogP contribution in [0.25, 0.3) is 0 Å². The van der Waals surface area contributed by atoms with E-state index in [1.807, 2.05) is 13.8 Å². The van der Waals surface area contributed by atoms with Gasteiger partial charge in [-0.05, 0) is 6.42 Å². The number of aromatic nitrogens is 2. The monoisotopic (exact) mass is 196 g/mol. The van der Waals surface area contributed by atoms with E-state index in [1.165, 1.54) is 0 Å². The average molecular weight is 196 g/mol. The fourth-order valence-corrected chi connectivity index (χ4v) is 1.00. The minimum Gasteiger partial charge on any atom is -0.384 e. The van der Waals surface area contributed by atoms with Crippen LogP contribution in [0.1, 0.15) is 25.8 Å². The molecule has 1 unspecified atom stereocenters. The standard InChI is InChI=1S/C9H16N4O/c1-3-6(2)9(14)11-4-7-5-12-13-8(7)10/h5-6H,3-4H2,1-2H3,(H,11,14)(H3,10,12,13). The molecular weight excluding hydrogens is 180 g/mol. The third kappa shape index (κ3) is 2.48. The van der Waals surface area contributed by atoms with Crippen LogP contribution in [0.5, 0.6) is 0 Å². The van der Waals surface area contributed by atoms with Crippen LogP contribution in [0, 0.1) is 5.92 Å². The molecule has 5 heteroatoms. The maximum Gasteiger partial charge on any atom is 0.223 e. The first-order valence-electron chi connectivity index (χ1n) is 4.70. The number of rotatable bonds is 4. The van der Waals surface area contributed by atoms with Gasteiger partial charge in [0.2, 0.25) is 5.91 Å². The third-order valence-corrected chi connectivity index (χ3v) is 2.26. The van der Waals surface area contributed by atoms with Crippen LogP contribution in [-0.2, 0) is 11.3 Å². The van der Waals surface area contributed by atoms with E-state index in [-0.39, 0.29) is 11.8 Å². The smallest absolute Gasteiger partial charge is 0.223 e. The summed E-state index contributed by atoms with van der Waals surface area (Å²) in [5.41, 5.74) is 6.39. The average Bonchev–Trinajstić information content (AvgIpc) is 2.59. The van der Waals surface area contributed by atoms with Crippen LogP contribution < -0.4 is 11.1 Å². The van der Waals surface area contributed by atoms with E-state index in [0.29, 0.717) is 12.4 Å². The van der Waals surface area contributed by atoms with Gasteiger partial charge in [-0.15, -0.1) is 0 Å². The third-order valence-electron chi connectivity index (χ3n) is 2.26. The lowest BCUT2D eigenvalue weighted by atomic mass is 10.1. The van der Waals surface area contributed by atoms with Crippen molar-refractivity contribution in [1.82, 2.24) is 15.5 Å². The Morgan fingerprint density at radius 1 is 1.79 bits per heavy atom. The van der Waals surface area contributed by atoms with Crippen molar-refractivity contribution in [2.75, 3.05) is 5.73 Å². The van der Waals surface area contributed by atoms with E-state index in [2.05, 4.69) is 15.5 Å². The minimum absolute atomic E-state index is 0.0446. The number of nitrogens with one attached hydrogen (secondary N) is 2. The summed E-state index contributed by atoms with van der Waals surface area (Å²) >= 11 is 0. The molecule has 0 radical (unpaired) electrons. The van der Waals surface area contributed by atoms with Crippen molar-refractivity contribution in [2.45, 2.75) is 26.8 Å². The number of hydrogen-bond donors (Lipinski definition) is 3. The number of carbonyl (C=O) groups excluding carboxylic acids is 1. The van der Waals surface area contributed by atoms with E-state index in [1.54, 1.807) is 6.20 Å². The van der Waals surface area contributed by atoms with Crippen molar-refractivity contribution < 1.29 is 4.79 Å². The van der Waals surface area contributed by atoms with Gasteiger partial charge in [0, 0.05) is 18.0 Å². The molecule has 1 aromatic heterocycles. The van der Waals surface area contributed by atoms with Gasteiger partial charge >= 0.3 is 0 Å². The zero-order valence-corrected chi connectivity index (χ0v) is 8.50. The van der Waals surface area contributed by atoms with Gasteiger partial charge in [0.1, 0.15) is 5.82 Å². The molecule has 0 spiro atoms. The van der Waals surface area contributed by atoms with E-state index < -0.39 is 0 Å². The molecule has 0 aliphatic rings. The van der Waals surface area contributed by atoms with Crippen molar-refractivity contribution in [3.05, 3.63) is 11.8 Å². The molecule has 1 rings (SSSR count). The summed E-state index contributed by atoms with van der Waals surface area (Å²) in [6.45, 7) is 4.32. The summed E-state index contributed by atoms with van der Waals surface area (Å²) in [7, 11) is 0. The predicted molar refractivity (Wildman–Crippen MR) is 54.3 cm³/mol. The van der Waals surface area contributed by atoms with Gasteiger partial charge < -0.3 is 11.1 Å². The van der Waals surface area contributed by atoms with Crippen molar-refractivity contribution in [3.8, 4) is 0 Å². The van der Waals surface area contributed by atoms with E-state index >= 15 is 0 Å². The Kier molecular flexibility index (Phi) is 3.50. The summed E-state index contributed by atoms with van der Waals surface area (Å²) < 4.78 is 0. The second kappa shape index (κ2) is 4.64. The predicted octanol–water partition coefficient (Wildman–Crippen LogP) is 0.654. The SMILES string of the molecule is CCC(C)C(=O)NCc1cn[nH]c1N. The second-order valence-corrected chi connectivity index (χ2v) is 3.34. The van der Waals surface area contributed by atoms with Crippen LogP contribution in [-0.4, -0.2) is 16.1 Å². The number of hydrogen-bond acceptors (Lipinski definition) is 3. The Morgan fingerprint density at radius 3 is 3.00 bits per heavy atom. The molecule has 0 aliphatic carbocycles. The number of nitrogens with two attached hydrogens (primary N) is 1. The summed E-state index contributed by atoms with van der Waals surface area (Å²) in [5, 5.41) is 9.17. The van der Waals surface area contributed by atoms with Gasteiger partial charge in [0.25, 0.3) is 0 Å². The lowest BCUT2D eigenvalue weighted by Gasteiger charge is -2.08. The van der Waals surface area contributed by atoms with Crippen molar-refractivity contribution in [3.63, 3.8) is 0 Å². The molecule has 4 N–H and O–H groups in total. The second-order valence-electron chi connectivity index (χ2n) is 3.34. The molecule has 1 atom stereocenters. The van der Waals surface area contributed by atoms with Gasteiger partial charge in [-0.25, -0.2) is 0 Å². The lowest BCUT2D eigenvalue weighted by Crippen LogP contribution is -2.28.